The quantitative estimate of drug-likeness (QED) is 0.253. The van der Waals surface area contributed by atoms with Gasteiger partial charge in [0.2, 0.25) is 0 Å². The van der Waals surface area contributed by atoms with E-state index in [1.807, 2.05) is 6.07 Å². The van der Waals surface area contributed by atoms with Crippen LogP contribution in [0.1, 0.15) is 40.9 Å². The molecule has 230 valence electrons. The SMILES string of the molecule is CN(C)Cc1ccc(-c2ccccc2)cc1.C[C@@H](CO)N1CCCOc2c(NC(=O)C(O)c3ccccc3)cccc2C1=O. The molecular weight excluding hydrogens is 554 g/mol. The van der Waals surface area contributed by atoms with E-state index in [9.17, 15) is 19.8 Å². The topological polar surface area (TPSA) is 102 Å². The number of anilines is 1. The minimum absolute atomic E-state index is 0.137. The lowest BCUT2D eigenvalue weighted by atomic mass is 10.0. The number of carbonyl (C=O) groups excluding carboxylic acids is 2. The lowest BCUT2D eigenvalue weighted by Crippen LogP contribution is -2.42. The fraction of sp³-hybridized carbons (Fsp3) is 0.278. The first-order chi connectivity index (χ1) is 21.3. The van der Waals surface area contributed by atoms with Crippen molar-refractivity contribution in [3.8, 4) is 16.9 Å². The van der Waals surface area contributed by atoms with Crippen LogP contribution in [0.25, 0.3) is 11.1 Å². The standard InChI is InChI=1S/C21H24N2O5.C15H17N/c1-14(13-24)23-11-6-12-28-19-16(21(23)27)9-5-10-17(19)22-20(26)18(25)15-7-3-2-4-8-15;1-16(2)12-13-8-10-15(11-9-13)14-6-4-3-5-7-14/h2-5,7-10,14,18,24-25H,6,11-13H2,1H3,(H,22,26);3-11H,12H2,1-2H3/t14-,18?;/m0./s1. The summed E-state index contributed by atoms with van der Waals surface area (Å²) in [6, 6.07) is 32.4. The molecule has 0 radical (unpaired) electrons. The number of hydrogen-bond donors (Lipinski definition) is 3. The predicted molar refractivity (Wildman–Crippen MR) is 173 cm³/mol. The van der Waals surface area contributed by atoms with Gasteiger partial charge in [0.1, 0.15) is 0 Å². The van der Waals surface area contributed by atoms with Crippen molar-refractivity contribution in [3.63, 3.8) is 0 Å². The summed E-state index contributed by atoms with van der Waals surface area (Å²) in [5.74, 6) is -0.606. The number of nitrogens with one attached hydrogen (secondary N) is 1. The molecule has 0 spiro atoms. The Morgan fingerprint density at radius 2 is 1.55 bits per heavy atom. The Morgan fingerprint density at radius 1 is 0.909 bits per heavy atom. The van der Waals surface area contributed by atoms with Crippen molar-refractivity contribution in [1.82, 2.24) is 9.80 Å². The third-order valence-electron chi connectivity index (χ3n) is 7.27. The molecule has 3 N–H and O–H groups in total. The van der Waals surface area contributed by atoms with Crippen LogP contribution in [0.4, 0.5) is 5.69 Å². The number of para-hydroxylation sites is 1. The maximum Gasteiger partial charge on any atom is 0.258 e. The molecule has 0 fully saturated rings. The van der Waals surface area contributed by atoms with Crippen LogP contribution in [0.3, 0.4) is 0 Å². The van der Waals surface area contributed by atoms with Gasteiger partial charge in [0.15, 0.2) is 11.9 Å². The van der Waals surface area contributed by atoms with Crippen LogP contribution in [0.15, 0.2) is 103 Å². The summed E-state index contributed by atoms with van der Waals surface area (Å²) >= 11 is 0. The van der Waals surface area contributed by atoms with Crippen LogP contribution in [-0.4, -0.2) is 71.7 Å². The van der Waals surface area contributed by atoms with Crippen molar-refractivity contribution in [2.45, 2.75) is 32.0 Å². The smallest absolute Gasteiger partial charge is 0.258 e. The second kappa shape index (κ2) is 15.8. The van der Waals surface area contributed by atoms with E-state index in [4.69, 9.17) is 4.74 Å². The van der Waals surface area contributed by atoms with Gasteiger partial charge in [0, 0.05) is 13.1 Å². The molecule has 0 aromatic heterocycles. The van der Waals surface area contributed by atoms with Crippen LogP contribution in [-0.2, 0) is 11.3 Å². The summed E-state index contributed by atoms with van der Waals surface area (Å²) < 4.78 is 5.77. The van der Waals surface area contributed by atoms with Gasteiger partial charge in [-0.2, -0.15) is 0 Å². The summed E-state index contributed by atoms with van der Waals surface area (Å²) in [7, 11) is 4.18. The molecule has 0 saturated heterocycles. The Hall–Kier alpha value is -4.50. The normalized spacial score (nSPS) is 14.2. The molecule has 0 saturated carbocycles. The molecule has 2 atom stereocenters. The zero-order valence-electron chi connectivity index (χ0n) is 25.5. The Bertz CT molecular complexity index is 1490. The van der Waals surface area contributed by atoms with E-state index in [1.54, 1.807) is 60.4 Å². The molecule has 0 aliphatic carbocycles. The molecule has 1 aliphatic heterocycles. The number of nitrogens with zero attached hydrogens (tertiary/aromatic N) is 2. The molecule has 4 aromatic rings. The van der Waals surface area contributed by atoms with E-state index in [1.165, 1.54) is 16.7 Å². The number of aliphatic hydroxyl groups excluding tert-OH is 2. The van der Waals surface area contributed by atoms with Gasteiger partial charge in [-0.3, -0.25) is 9.59 Å². The molecule has 0 bridgehead atoms. The van der Waals surface area contributed by atoms with E-state index in [2.05, 4.69) is 72.8 Å². The van der Waals surface area contributed by atoms with Crippen LogP contribution in [0.2, 0.25) is 0 Å². The highest BCUT2D eigenvalue weighted by Gasteiger charge is 2.28. The maximum absolute atomic E-state index is 13.0. The second-order valence-corrected chi connectivity index (χ2v) is 11.0. The highest BCUT2D eigenvalue weighted by molar-refractivity contribution is 6.02. The number of rotatable bonds is 8. The number of hydrogen-bond acceptors (Lipinski definition) is 6. The summed E-state index contributed by atoms with van der Waals surface area (Å²) in [6.07, 6.45) is -0.739. The van der Waals surface area contributed by atoms with E-state index >= 15 is 0 Å². The third kappa shape index (κ3) is 8.54. The Labute approximate surface area is 259 Å². The lowest BCUT2D eigenvalue weighted by molar-refractivity contribution is -0.124. The molecular formula is C36H41N3O5. The van der Waals surface area contributed by atoms with Gasteiger partial charge < -0.3 is 30.1 Å². The summed E-state index contributed by atoms with van der Waals surface area (Å²) in [6.45, 7) is 3.48. The zero-order chi connectivity index (χ0) is 31.5. The second-order valence-electron chi connectivity index (χ2n) is 11.0. The van der Waals surface area contributed by atoms with Gasteiger partial charge in [0.25, 0.3) is 11.8 Å². The van der Waals surface area contributed by atoms with Crippen LogP contribution in [0, 0.1) is 0 Å². The first-order valence-electron chi connectivity index (χ1n) is 14.8. The number of ether oxygens (including phenoxy) is 1. The number of carbonyl (C=O) groups is 2. The molecule has 2 amide bonds. The fourth-order valence-electron chi connectivity index (χ4n) is 4.93. The summed E-state index contributed by atoms with van der Waals surface area (Å²) in [4.78, 5) is 29.2. The van der Waals surface area contributed by atoms with Crippen molar-refractivity contribution in [2.24, 2.45) is 0 Å². The van der Waals surface area contributed by atoms with Gasteiger partial charge >= 0.3 is 0 Å². The van der Waals surface area contributed by atoms with Crippen molar-refractivity contribution in [2.75, 3.05) is 39.2 Å². The van der Waals surface area contributed by atoms with Gasteiger partial charge in [-0.05, 0) is 61.8 Å². The summed E-state index contributed by atoms with van der Waals surface area (Å²) in [5, 5.41) is 22.4. The highest BCUT2D eigenvalue weighted by Crippen LogP contribution is 2.33. The molecule has 4 aromatic carbocycles. The lowest BCUT2D eigenvalue weighted by Gasteiger charge is -2.31. The largest absolute Gasteiger partial charge is 0.490 e. The molecule has 5 rings (SSSR count). The van der Waals surface area contributed by atoms with Crippen LogP contribution >= 0.6 is 0 Å². The number of fused-ring (bicyclic) bond motifs is 1. The maximum atomic E-state index is 13.0. The number of amides is 2. The summed E-state index contributed by atoms with van der Waals surface area (Å²) in [5.41, 5.74) is 5.02. The number of aliphatic hydroxyl groups is 2. The van der Waals surface area contributed by atoms with Crippen molar-refractivity contribution >= 4 is 17.5 Å². The molecule has 8 nitrogen and oxygen atoms in total. The molecule has 1 aliphatic rings. The average molecular weight is 596 g/mol. The van der Waals surface area contributed by atoms with E-state index in [0.29, 0.717) is 36.4 Å². The Morgan fingerprint density at radius 3 is 2.18 bits per heavy atom. The highest BCUT2D eigenvalue weighted by atomic mass is 16.5. The third-order valence-corrected chi connectivity index (χ3v) is 7.27. The fourth-order valence-corrected chi connectivity index (χ4v) is 4.93. The molecule has 8 heteroatoms. The van der Waals surface area contributed by atoms with Crippen molar-refractivity contribution in [3.05, 3.63) is 120 Å². The van der Waals surface area contributed by atoms with Gasteiger partial charge in [0.05, 0.1) is 30.5 Å². The van der Waals surface area contributed by atoms with Crippen LogP contribution in [0.5, 0.6) is 5.75 Å². The molecule has 44 heavy (non-hydrogen) atoms. The van der Waals surface area contributed by atoms with Crippen LogP contribution < -0.4 is 10.1 Å². The Balaban J connectivity index is 0.000000233. The van der Waals surface area contributed by atoms with Gasteiger partial charge in [-0.25, -0.2) is 0 Å². The molecule has 1 unspecified atom stereocenters. The van der Waals surface area contributed by atoms with E-state index < -0.39 is 12.0 Å². The first kappa shape index (κ1) is 32.4. The van der Waals surface area contributed by atoms with Crippen molar-refractivity contribution in [1.29, 1.82) is 0 Å². The zero-order valence-corrected chi connectivity index (χ0v) is 25.5. The van der Waals surface area contributed by atoms with Gasteiger partial charge in [-0.15, -0.1) is 0 Å². The minimum Gasteiger partial charge on any atom is -0.490 e. The van der Waals surface area contributed by atoms with Gasteiger partial charge in [-0.1, -0.05) is 91.0 Å². The average Bonchev–Trinajstić information content (AvgIpc) is 3.04. The Kier molecular flexibility index (Phi) is 11.7. The number of benzene rings is 4. The monoisotopic (exact) mass is 595 g/mol. The molecule has 1 heterocycles. The first-order valence-corrected chi connectivity index (χ1v) is 14.8. The predicted octanol–water partition coefficient (Wildman–Crippen LogP) is 5.38. The van der Waals surface area contributed by atoms with E-state index in [-0.39, 0.29) is 24.3 Å². The van der Waals surface area contributed by atoms with E-state index in [0.717, 1.165) is 6.54 Å². The van der Waals surface area contributed by atoms with Crippen molar-refractivity contribution < 1.29 is 24.5 Å². The minimum atomic E-state index is -1.34.